The number of carbonyl (C=O) groups excluding carboxylic acids is 2. The Morgan fingerprint density at radius 3 is 2.59 bits per heavy atom. The number of hydrogen-bond donors (Lipinski definition) is 2. The highest BCUT2D eigenvalue weighted by atomic mass is 79.9. The van der Waals surface area contributed by atoms with Crippen molar-refractivity contribution in [2.24, 2.45) is 0 Å². The van der Waals surface area contributed by atoms with Crippen LogP contribution in [0.15, 0.2) is 58.2 Å². The molecule has 3 aromatic rings. The molecular formula is C19H17BrN4O2S. The van der Waals surface area contributed by atoms with E-state index in [-0.39, 0.29) is 11.7 Å². The van der Waals surface area contributed by atoms with Gasteiger partial charge in [0.05, 0.1) is 10.9 Å². The molecule has 8 heteroatoms. The van der Waals surface area contributed by atoms with E-state index in [0.717, 1.165) is 10.0 Å². The summed E-state index contributed by atoms with van der Waals surface area (Å²) in [5.74, 6) is 0.304. The maximum atomic E-state index is 12.5. The smallest absolute Gasteiger partial charge is 0.237 e. The highest BCUT2D eigenvalue weighted by molar-refractivity contribution is 9.10. The van der Waals surface area contributed by atoms with Gasteiger partial charge in [0.15, 0.2) is 11.6 Å². The third-order valence-electron chi connectivity index (χ3n) is 3.81. The van der Waals surface area contributed by atoms with Crippen LogP contribution in [0.4, 0.5) is 5.69 Å². The van der Waals surface area contributed by atoms with E-state index in [4.69, 9.17) is 0 Å². The van der Waals surface area contributed by atoms with Gasteiger partial charge in [-0.15, -0.1) is 5.10 Å². The number of H-pyrrole nitrogens is 1. The molecule has 1 unspecified atom stereocenters. The second-order valence-corrected chi connectivity index (χ2v) is 7.96. The van der Waals surface area contributed by atoms with Crippen LogP contribution in [0, 0.1) is 0 Å². The molecule has 6 nitrogen and oxygen atoms in total. The van der Waals surface area contributed by atoms with Gasteiger partial charge < -0.3 is 5.32 Å². The maximum Gasteiger partial charge on any atom is 0.237 e. The molecule has 0 saturated heterocycles. The number of thioether (sulfide) groups is 1. The van der Waals surface area contributed by atoms with E-state index in [2.05, 4.69) is 36.4 Å². The van der Waals surface area contributed by atoms with Crippen molar-refractivity contribution in [2.75, 3.05) is 5.32 Å². The Morgan fingerprint density at radius 1 is 1.15 bits per heavy atom. The molecule has 1 aromatic heterocycles. The summed E-state index contributed by atoms with van der Waals surface area (Å²) in [6.45, 7) is 3.24. The molecule has 0 fully saturated rings. The molecule has 1 amide bonds. The average Bonchev–Trinajstić information content (AvgIpc) is 3.10. The lowest BCUT2D eigenvalue weighted by Crippen LogP contribution is -2.23. The van der Waals surface area contributed by atoms with Crippen molar-refractivity contribution in [2.45, 2.75) is 24.3 Å². The third-order valence-corrected chi connectivity index (χ3v) is 5.46. The summed E-state index contributed by atoms with van der Waals surface area (Å²) in [6.07, 6.45) is 0. The first-order valence-electron chi connectivity index (χ1n) is 8.20. The second-order valence-electron chi connectivity index (χ2n) is 5.80. The molecule has 1 atom stereocenters. The predicted octanol–water partition coefficient (Wildman–Crippen LogP) is 4.56. The standard InChI is InChI=1S/C19H17BrN4O2S/c1-11(25)13-7-4-6-10-16(13)21-18(26)12(2)27-19-22-17(23-24-19)14-8-3-5-9-15(14)20/h3-10,12H,1-2H3,(H,21,26)(H,22,23,24). The zero-order valence-corrected chi connectivity index (χ0v) is 17.1. The maximum absolute atomic E-state index is 12.5. The monoisotopic (exact) mass is 444 g/mol. The van der Waals surface area contributed by atoms with Gasteiger partial charge in [-0.05, 0) is 32.0 Å². The zero-order chi connectivity index (χ0) is 19.4. The van der Waals surface area contributed by atoms with Crippen molar-refractivity contribution in [3.8, 4) is 11.4 Å². The number of anilines is 1. The Morgan fingerprint density at radius 2 is 1.85 bits per heavy atom. The molecule has 0 radical (unpaired) electrons. The molecule has 0 aliphatic carbocycles. The van der Waals surface area contributed by atoms with Crippen molar-refractivity contribution in [1.29, 1.82) is 0 Å². The number of rotatable bonds is 6. The largest absolute Gasteiger partial charge is 0.324 e. The van der Waals surface area contributed by atoms with Gasteiger partial charge in [0, 0.05) is 15.6 Å². The predicted molar refractivity (Wildman–Crippen MR) is 110 cm³/mol. The van der Waals surface area contributed by atoms with Gasteiger partial charge in [-0.1, -0.05) is 58.0 Å². The van der Waals surface area contributed by atoms with Gasteiger partial charge >= 0.3 is 0 Å². The first-order chi connectivity index (χ1) is 13.0. The highest BCUT2D eigenvalue weighted by Crippen LogP contribution is 2.28. The molecule has 3 rings (SSSR count). The highest BCUT2D eigenvalue weighted by Gasteiger charge is 2.19. The van der Waals surface area contributed by atoms with E-state index in [0.29, 0.717) is 22.2 Å². The molecule has 0 spiro atoms. The lowest BCUT2D eigenvalue weighted by atomic mass is 10.1. The van der Waals surface area contributed by atoms with Crippen LogP contribution < -0.4 is 5.32 Å². The number of hydrogen-bond acceptors (Lipinski definition) is 5. The van der Waals surface area contributed by atoms with Gasteiger partial charge in [0.1, 0.15) is 0 Å². The van der Waals surface area contributed by atoms with Crippen LogP contribution >= 0.6 is 27.7 Å². The van der Waals surface area contributed by atoms with Crippen LogP contribution in [0.1, 0.15) is 24.2 Å². The van der Waals surface area contributed by atoms with Gasteiger partial charge in [-0.2, -0.15) is 0 Å². The zero-order valence-electron chi connectivity index (χ0n) is 14.7. The number of Topliss-reactive ketones (excluding diaryl/α,β-unsaturated/α-hetero) is 1. The molecule has 27 heavy (non-hydrogen) atoms. The summed E-state index contributed by atoms with van der Waals surface area (Å²) in [6, 6.07) is 14.6. The molecule has 2 aromatic carbocycles. The SMILES string of the molecule is CC(=O)c1ccccc1NC(=O)C(C)Sc1n[nH]c(-c2ccccc2Br)n1. The van der Waals surface area contributed by atoms with Gasteiger partial charge in [-0.25, -0.2) is 4.98 Å². The van der Waals surface area contributed by atoms with E-state index >= 15 is 0 Å². The van der Waals surface area contributed by atoms with E-state index in [1.807, 2.05) is 24.3 Å². The topological polar surface area (TPSA) is 87.7 Å². The Balaban J connectivity index is 1.69. The molecule has 138 valence electrons. The number of amides is 1. The van der Waals surface area contributed by atoms with Crippen LogP contribution in [0.25, 0.3) is 11.4 Å². The molecule has 2 N–H and O–H groups in total. The van der Waals surface area contributed by atoms with E-state index in [9.17, 15) is 9.59 Å². The fourth-order valence-corrected chi connectivity index (χ4v) is 3.62. The molecule has 0 aliphatic rings. The van der Waals surface area contributed by atoms with Crippen LogP contribution in [0.3, 0.4) is 0 Å². The van der Waals surface area contributed by atoms with Crippen LogP contribution in [0.2, 0.25) is 0 Å². The third kappa shape index (κ3) is 4.64. The summed E-state index contributed by atoms with van der Waals surface area (Å²) in [7, 11) is 0. The van der Waals surface area contributed by atoms with Crippen LogP contribution in [-0.2, 0) is 4.79 Å². The Bertz CT molecular complexity index is 989. The number of para-hydroxylation sites is 1. The second kappa shape index (κ2) is 8.49. The summed E-state index contributed by atoms with van der Waals surface area (Å²) in [5, 5.41) is 9.92. The minimum Gasteiger partial charge on any atom is -0.324 e. The minimum atomic E-state index is -0.437. The minimum absolute atomic E-state index is 0.0988. The summed E-state index contributed by atoms with van der Waals surface area (Å²) in [5.41, 5.74) is 1.88. The van der Waals surface area contributed by atoms with Crippen molar-refractivity contribution in [3.63, 3.8) is 0 Å². The lowest BCUT2D eigenvalue weighted by molar-refractivity contribution is -0.115. The number of benzene rings is 2. The fraction of sp³-hybridized carbons (Fsp3) is 0.158. The summed E-state index contributed by atoms with van der Waals surface area (Å²) >= 11 is 4.73. The Labute approximate surface area is 169 Å². The van der Waals surface area contributed by atoms with E-state index in [1.165, 1.54) is 18.7 Å². The number of aromatic nitrogens is 3. The van der Waals surface area contributed by atoms with Crippen LogP contribution in [-0.4, -0.2) is 32.1 Å². The van der Waals surface area contributed by atoms with Crippen molar-refractivity contribution in [3.05, 3.63) is 58.6 Å². The molecular weight excluding hydrogens is 428 g/mol. The lowest BCUT2D eigenvalue weighted by Gasteiger charge is -2.12. The van der Waals surface area contributed by atoms with Crippen molar-refractivity contribution >= 4 is 45.1 Å². The molecule has 0 saturated carbocycles. The number of halogens is 1. The number of carbonyl (C=O) groups is 2. The molecule has 0 bridgehead atoms. The molecule has 0 aliphatic heterocycles. The number of aromatic amines is 1. The first-order valence-corrected chi connectivity index (χ1v) is 9.87. The van der Waals surface area contributed by atoms with E-state index < -0.39 is 5.25 Å². The normalized spacial score (nSPS) is 11.8. The first kappa shape index (κ1) is 19.3. The number of ketones is 1. The number of nitrogens with zero attached hydrogens (tertiary/aromatic N) is 2. The molecule has 1 heterocycles. The van der Waals surface area contributed by atoms with Crippen molar-refractivity contribution < 1.29 is 9.59 Å². The summed E-state index contributed by atoms with van der Waals surface area (Å²) in [4.78, 5) is 28.6. The van der Waals surface area contributed by atoms with Gasteiger partial charge in [0.2, 0.25) is 11.1 Å². The quantitative estimate of drug-likeness (QED) is 0.429. The number of nitrogens with one attached hydrogen (secondary N) is 2. The van der Waals surface area contributed by atoms with Crippen LogP contribution in [0.5, 0.6) is 0 Å². The van der Waals surface area contributed by atoms with Gasteiger partial charge in [-0.3, -0.25) is 14.7 Å². The Hall–Kier alpha value is -2.45. The average molecular weight is 445 g/mol. The Kier molecular flexibility index (Phi) is 6.08. The fourth-order valence-electron chi connectivity index (χ4n) is 2.42. The van der Waals surface area contributed by atoms with E-state index in [1.54, 1.807) is 31.2 Å². The summed E-state index contributed by atoms with van der Waals surface area (Å²) < 4.78 is 0.907. The van der Waals surface area contributed by atoms with Crippen molar-refractivity contribution in [1.82, 2.24) is 15.2 Å². The van der Waals surface area contributed by atoms with Gasteiger partial charge in [0.25, 0.3) is 0 Å².